The van der Waals surface area contributed by atoms with Gasteiger partial charge in [0.15, 0.2) is 0 Å². The molecule has 4 N–H and O–H groups in total. The number of ether oxygens (including phenoxy) is 1. The lowest BCUT2D eigenvalue weighted by atomic mass is 10.0. The van der Waals surface area contributed by atoms with Crippen LogP contribution in [0.1, 0.15) is 38.9 Å². The molecule has 1 aromatic carbocycles. The van der Waals surface area contributed by atoms with E-state index in [1.165, 1.54) is 18.2 Å². The van der Waals surface area contributed by atoms with Crippen molar-refractivity contribution < 1.29 is 24.9 Å². The van der Waals surface area contributed by atoms with Gasteiger partial charge >= 0.3 is 6.09 Å². The fourth-order valence-electron chi connectivity index (χ4n) is 1.77. The minimum absolute atomic E-state index is 0.0997. The summed E-state index contributed by atoms with van der Waals surface area (Å²) in [6.07, 6.45) is -2.93. The number of aromatic hydroxyl groups is 1. The van der Waals surface area contributed by atoms with Crippen molar-refractivity contribution in [2.24, 2.45) is 0 Å². The Labute approximate surface area is 134 Å². The van der Waals surface area contributed by atoms with Crippen molar-refractivity contribution in [3.05, 3.63) is 28.8 Å². The van der Waals surface area contributed by atoms with Crippen molar-refractivity contribution in [3.63, 3.8) is 0 Å². The van der Waals surface area contributed by atoms with Crippen LogP contribution in [0.15, 0.2) is 18.2 Å². The van der Waals surface area contributed by atoms with E-state index < -0.39 is 23.9 Å². The number of nitrogens with one attached hydrogen (secondary N) is 1. The average Bonchev–Trinajstić information content (AvgIpc) is 2.35. The van der Waals surface area contributed by atoms with Gasteiger partial charge in [0.2, 0.25) is 0 Å². The maximum atomic E-state index is 11.4. The van der Waals surface area contributed by atoms with Gasteiger partial charge in [-0.2, -0.15) is 0 Å². The molecule has 1 amide bonds. The third-order valence-electron chi connectivity index (χ3n) is 2.78. The number of halogens is 1. The van der Waals surface area contributed by atoms with Crippen molar-refractivity contribution in [1.29, 1.82) is 0 Å². The highest BCUT2D eigenvalue weighted by Crippen LogP contribution is 2.29. The zero-order chi connectivity index (χ0) is 16.9. The maximum Gasteiger partial charge on any atom is 0.407 e. The van der Waals surface area contributed by atoms with Crippen molar-refractivity contribution in [1.82, 2.24) is 5.32 Å². The highest BCUT2D eigenvalue weighted by molar-refractivity contribution is 6.30. The highest BCUT2D eigenvalue weighted by Gasteiger charge is 2.22. The second kappa shape index (κ2) is 7.67. The largest absolute Gasteiger partial charge is 0.508 e. The zero-order valence-corrected chi connectivity index (χ0v) is 13.6. The average molecular weight is 332 g/mol. The number of hydrogen-bond donors (Lipinski definition) is 4. The van der Waals surface area contributed by atoms with E-state index in [-0.39, 0.29) is 24.3 Å². The Bertz CT molecular complexity index is 515. The molecule has 0 radical (unpaired) electrons. The first-order valence-corrected chi connectivity index (χ1v) is 7.29. The summed E-state index contributed by atoms with van der Waals surface area (Å²) in [4.78, 5) is 11.4. The molecule has 0 spiro atoms. The molecule has 0 fully saturated rings. The van der Waals surface area contributed by atoms with Crippen LogP contribution in [0.3, 0.4) is 0 Å². The van der Waals surface area contributed by atoms with E-state index >= 15 is 0 Å². The highest BCUT2D eigenvalue weighted by atomic mass is 35.5. The van der Waals surface area contributed by atoms with Crippen LogP contribution in [-0.2, 0) is 4.74 Å². The number of carbonyl (C=O) groups is 1. The summed E-state index contributed by atoms with van der Waals surface area (Å²) in [5, 5.41) is 32.5. The van der Waals surface area contributed by atoms with Gasteiger partial charge in [0.05, 0.1) is 6.10 Å². The summed E-state index contributed by atoms with van der Waals surface area (Å²) in [6.45, 7) is 5.36. The van der Waals surface area contributed by atoms with Crippen molar-refractivity contribution in [2.75, 3.05) is 6.54 Å². The van der Waals surface area contributed by atoms with Gasteiger partial charge in [-0.3, -0.25) is 0 Å². The van der Waals surface area contributed by atoms with Crippen LogP contribution in [-0.4, -0.2) is 39.7 Å². The molecular weight excluding hydrogens is 310 g/mol. The summed E-state index contributed by atoms with van der Waals surface area (Å²) >= 11 is 5.71. The quantitative estimate of drug-likeness (QED) is 0.664. The van der Waals surface area contributed by atoms with Gasteiger partial charge in [-0.15, -0.1) is 0 Å². The molecule has 2 atom stereocenters. The fraction of sp³-hybridized carbons (Fsp3) is 0.533. The molecule has 0 aliphatic rings. The number of alkyl carbamates (subject to hydrolysis) is 1. The molecule has 0 aliphatic heterocycles. The number of aliphatic hydroxyl groups excluding tert-OH is 2. The second-order valence-corrected chi connectivity index (χ2v) is 6.37. The predicted molar refractivity (Wildman–Crippen MR) is 82.9 cm³/mol. The van der Waals surface area contributed by atoms with Crippen LogP contribution in [0.4, 0.5) is 4.79 Å². The van der Waals surface area contributed by atoms with E-state index in [1.54, 1.807) is 20.8 Å². The van der Waals surface area contributed by atoms with Gasteiger partial charge < -0.3 is 25.4 Å². The number of benzene rings is 1. The molecule has 0 bridgehead atoms. The molecule has 124 valence electrons. The monoisotopic (exact) mass is 331 g/mol. The van der Waals surface area contributed by atoms with E-state index in [2.05, 4.69) is 5.32 Å². The summed E-state index contributed by atoms with van der Waals surface area (Å²) in [6, 6.07) is 4.23. The Kier molecular flexibility index (Phi) is 6.47. The Morgan fingerprint density at radius 1 is 1.36 bits per heavy atom. The van der Waals surface area contributed by atoms with Crippen LogP contribution in [0.5, 0.6) is 5.75 Å². The number of phenols is 1. The normalized spacial score (nSPS) is 14.3. The van der Waals surface area contributed by atoms with Crippen LogP contribution < -0.4 is 5.32 Å². The molecule has 1 aromatic rings. The van der Waals surface area contributed by atoms with Gasteiger partial charge in [0, 0.05) is 17.1 Å². The van der Waals surface area contributed by atoms with Gasteiger partial charge in [-0.1, -0.05) is 17.7 Å². The van der Waals surface area contributed by atoms with Crippen LogP contribution in [0.25, 0.3) is 0 Å². The number of hydrogen-bond acceptors (Lipinski definition) is 5. The third-order valence-corrected chi connectivity index (χ3v) is 3.02. The molecule has 0 saturated carbocycles. The number of carbonyl (C=O) groups excluding carboxylic acids is 1. The molecular formula is C15H22ClNO5. The lowest BCUT2D eigenvalue weighted by Gasteiger charge is -2.21. The molecule has 0 heterocycles. The first kappa shape index (κ1) is 18.5. The molecule has 1 rings (SSSR count). The van der Waals surface area contributed by atoms with Gasteiger partial charge in [-0.25, -0.2) is 4.79 Å². The summed E-state index contributed by atoms with van der Waals surface area (Å²) < 4.78 is 5.05. The third kappa shape index (κ3) is 6.09. The first-order chi connectivity index (χ1) is 10.1. The smallest absolute Gasteiger partial charge is 0.407 e. The summed E-state index contributed by atoms with van der Waals surface area (Å²) in [5.74, 6) is -0.195. The van der Waals surface area contributed by atoms with Crippen molar-refractivity contribution in [3.8, 4) is 5.75 Å². The van der Waals surface area contributed by atoms with E-state index in [0.717, 1.165) is 0 Å². The summed E-state index contributed by atoms with van der Waals surface area (Å²) in [5.41, 5.74) is -0.425. The Morgan fingerprint density at radius 2 is 2.00 bits per heavy atom. The second-order valence-electron chi connectivity index (χ2n) is 5.93. The minimum Gasteiger partial charge on any atom is -0.508 e. The Balaban J connectivity index is 2.48. The van der Waals surface area contributed by atoms with Gasteiger partial charge in [0.1, 0.15) is 17.5 Å². The fourth-order valence-corrected chi connectivity index (χ4v) is 1.93. The number of rotatable bonds is 5. The van der Waals surface area contributed by atoms with Crippen molar-refractivity contribution in [2.45, 2.75) is 45.0 Å². The Morgan fingerprint density at radius 3 is 2.55 bits per heavy atom. The van der Waals surface area contributed by atoms with E-state index in [9.17, 15) is 20.1 Å². The first-order valence-electron chi connectivity index (χ1n) is 6.91. The molecule has 0 aromatic heterocycles. The molecule has 7 heteroatoms. The predicted octanol–water partition coefficient (Wildman–Crippen LogP) is 2.35. The van der Waals surface area contributed by atoms with E-state index in [1.807, 2.05) is 0 Å². The maximum absolute atomic E-state index is 11.4. The molecule has 22 heavy (non-hydrogen) atoms. The number of aliphatic hydroxyl groups is 2. The zero-order valence-electron chi connectivity index (χ0n) is 12.8. The van der Waals surface area contributed by atoms with Crippen molar-refractivity contribution >= 4 is 17.7 Å². The van der Waals surface area contributed by atoms with Gasteiger partial charge in [0.25, 0.3) is 0 Å². The van der Waals surface area contributed by atoms with E-state index in [4.69, 9.17) is 16.3 Å². The molecule has 0 saturated heterocycles. The van der Waals surface area contributed by atoms with Crippen LogP contribution >= 0.6 is 11.6 Å². The lowest BCUT2D eigenvalue weighted by molar-refractivity contribution is 0.0111. The SMILES string of the molecule is CC(C)(C)OC(=O)NCCC(O)C(O)c1ccc(Cl)cc1O. The van der Waals surface area contributed by atoms with E-state index in [0.29, 0.717) is 5.02 Å². The van der Waals surface area contributed by atoms with Crippen LogP contribution in [0, 0.1) is 0 Å². The minimum atomic E-state index is -1.28. The molecule has 2 unspecified atom stereocenters. The van der Waals surface area contributed by atoms with Gasteiger partial charge in [-0.05, 0) is 39.3 Å². The van der Waals surface area contributed by atoms with Crippen LogP contribution in [0.2, 0.25) is 5.02 Å². The number of amides is 1. The topological polar surface area (TPSA) is 99.0 Å². The lowest BCUT2D eigenvalue weighted by Crippen LogP contribution is -2.34. The Hall–Kier alpha value is -1.50. The standard InChI is InChI=1S/C15H22ClNO5/c1-15(2,3)22-14(21)17-7-6-11(18)13(20)10-5-4-9(16)8-12(10)19/h4-5,8,11,13,18-20H,6-7H2,1-3H3,(H,17,21). The number of phenolic OH excluding ortho intramolecular Hbond substituents is 1. The molecule has 0 aliphatic carbocycles. The summed E-state index contributed by atoms with van der Waals surface area (Å²) in [7, 11) is 0. The molecule has 6 nitrogen and oxygen atoms in total.